The number of aliphatic hydroxyl groups excluding tert-OH is 1. The van der Waals surface area contributed by atoms with E-state index in [0.29, 0.717) is 23.9 Å². The van der Waals surface area contributed by atoms with Crippen molar-refractivity contribution in [2.75, 3.05) is 31.1 Å². The molecule has 0 radical (unpaired) electrons. The van der Waals surface area contributed by atoms with Crippen molar-refractivity contribution in [3.63, 3.8) is 0 Å². The summed E-state index contributed by atoms with van der Waals surface area (Å²) in [5, 5.41) is 13.0. The van der Waals surface area contributed by atoms with Gasteiger partial charge in [0.15, 0.2) is 0 Å². The molecule has 0 aromatic carbocycles. The zero-order valence-electron chi connectivity index (χ0n) is 24.2. The molecule has 1 aromatic heterocycles. The summed E-state index contributed by atoms with van der Waals surface area (Å²) in [6, 6.07) is 2.96. The van der Waals surface area contributed by atoms with Crippen LogP contribution in [0, 0.1) is 11.8 Å². The van der Waals surface area contributed by atoms with E-state index < -0.39 is 0 Å². The molecular formula is C30H51N5O2. The maximum Gasteiger partial charge on any atom is 0.223 e. The molecule has 4 rings (SSSR count). The first kappa shape index (κ1) is 28.3. The van der Waals surface area contributed by atoms with Crippen LogP contribution >= 0.6 is 0 Å². The van der Waals surface area contributed by atoms with Crippen molar-refractivity contribution in [3.05, 3.63) is 17.6 Å². The number of nitrogens with one attached hydrogen (secondary N) is 1. The number of anilines is 1. The van der Waals surface area contributed by atoms with Crippen LogP contribution in [0.3, 0.4) is 0 Å². The Labute approximate surface area is 224 Å². The van der Waals surface area contributed by atoms with E-state index in [1.807, 2.05) is 0 Å². The van der Waals surface area contributed by atoms with Gasteiger partial charge in [-0.05, 0) is 76.7 Å². The smallest absolute Gasteiger partial charge is 0.223 e. The molecule has 2 aliphatic carbocycles. The Kier molecular flexibility index (Phi) is 9.16. The van der Waals surface area contributed by atoms with Crippen LogP contribution in [0.1, 0.15) is 110 Å². The van der Waals surface area contributed by atoms with Crippen LogP contribution in [0.2, 0.25) is 0 Å². The second kappa shape index (κ2) is 12.0. The summed E-state index contributed by atoms with van der Waals surface area (Å²) in [5.74, 6) is 3.44. The van der Waals surface area contributed by atoms with Gasteiger partial charge in [0, 0.05) is 54.8 Å². The Morgan fingerprint density at radius 2 is 1.84 bits per heavy atom. The number of hydrogen-bond donors (Lipinski definition) is 2. The number of rotatable bonds is 7. The van der Waals surface area contributed by atoms with E-state index in [1.165, 1.54) is 12.8 Å². The summed E-state index contributed by atoms with van der Waals surface area (Å²) in [6.07, 6.45) is 7.66. The van der Waals surface area contributed by atoms with E-state index in [0.717, 1.165) is 82.0 Å². The molecule has 208 valence electrons. The third kappa shape index (κ3) is 7.44. The molecule has 1 aromatic rings. The highest BCUT2D eigenvalue weighted by atomic mass is 16.3. The monoisotopic (exact) mass is 513 g/mol. The van der Waals surface area contributed by atoms with Gasteiger partial charge in [-0.25, -0.2) is 9.97 Å². The lowest BCUT2D eigenvalue weighted by Crippen LogP contribution is -2.52. The maximum absolute atomic E-state index is 12.7. The van der Waals surface area contributed by atoms with Crippen molar-refractivity contribution in [2.45, 2.75) is 122 Å². The average Bonchev–Trinajstić information content (AvgIpc) is 3.29. The first-order valence-electron chi connectivity index (χ1n) is 14.9. The minimum Gasteiger partial charge on any atom is -0.393 e. The molecule has 7 nitrogen and oxygen atoms in total. The van der Waals surface area contributed by atoms with Gasteiger partial charge in [-0.1, -0.05) is 34.6 Å². The Bertz CT molecular complexity index is 906. The molecule has 0 spiro atoms. The number of nitrogens with zero attached hydrogens (tertiary/aromatic N) is 4. The topological polar surface area (TPSA) is 81.6 Å². The third-order valence-electron chi connectivity index (χ3n) is 8.81. The summed E-state index contributed by atoms with van der Waals surface area (Å²) < 4.78 is 0. The van der Waals surface area contributed by atoms with Gasteiger partial charge >= 0.3 is 0 Å². The molecule has 37 heavy (non-hydrogen) atoms. The van der Waals surface area contributed by atoms with Crippen LogP contribution in [0.4, 0.5) is 5.82 Å². The Morgan fingerprint density at radius 1 is 1.11 bits per heavy atom. The van der Waals surface area contributed by atoms with E-state index in [9.17, 15) is 9.90 Å². The first-order valence-corrected chi connectivity index (χ1v) is 14.9. The molecule has 2 saturated carbocycles. The van der Waals surface area contributed by atoms with Crippen LogP contribution in [0.25, 0.3) is 0 Å². The van der Waals surface area contributed by atoms with E-state index in [1.54, 1.807) is 0 Å². The number of hydrogen-bond acceptors (Lipinski definition) is 6. The van der Waals surface area contributed by atoms with E-state index in [2.05, 4.69) is 62.7 Å². The van der Waals surface area contributed by atoms with E-state index in [4.69, 9.17) is 9.97 Å². The molecule has 1 amide bonds. The minimum atomic E-state index is -0.205. The average molecular weight is 514 g/mol. The number of piperazine rings is 1. The van der Waals surface area contributed by atoms with Crippen LogP contribution < -0.4 is 10.2 Å². The Morgan fingerprint density at radius 3 is 2.49 bits per heavy atom. The second-order valence-corrected chi connectivity index (χ2v) is 13.4. The lowest BCUT2D eigenvalue weighted by atomic mass is 9.86. The van der Waals surface area contributed by atoms with Gasteiger partial charge in [-0.3, -0.25) is 9.69 Å². The molecular weight excluding hydrogens is 462 g/mol. The molecule has 2 N–H and O–H groups in total. The van der Waals surface area contributed by atoms with E-state index >= 15 is 0 Å². The second-order valence-electron chi connectivity index (χ2n) is 13.4. The lowest BCUT2D eigenvalue weighted by Gasteiger charge is -2.41. The van der Waals surface area contributed by atoms with E-state index in [-0.39, 0.29) is 23.3 Å². The molecule has 1 saturated heterocycles. The maximum atomic E-state index is 12.7. The predicted octanol–water partition coefficient (Wildman–Crippen LogP) is 4.63. The molecule has 3 aliphatic rings. The number of amides is 1. The van der Waals surface area contributed by atoms with Crippen molar-refractivity contribution in [2.24, 2.45) is 11.8 Å². The molecule has 3 atom stereocenters. The molecule has 7 heteroatoms. The highest BCUT2D eigenvalue weighted by molar-refractivity contribution is 5.79. The summed E-state index contributed by atoms with van der Waals surface area (Å²) in [7, 11) is 0. The molecule has 1 aliphatic heterocycles. The number of aliphatic hydroxyl groups is 1. The van der Waals surface area contributed by atoms with Crippen molar-refractivity contribution in [3.8, 4) is 0 Å². The summed E-state index contributed by atoms with van der Waals surface area (Å²) in [4.78, 5) is 27.7. The fraction of sp³-hybridized carbons (Fsp3) is 0.833. The number of aromatic nitrogens is 2. The van der Waals surface area contributed by atoms with Gasteiger partial charge in [0.25, 0.3) is 0 Å². The van der Waals surface area contributed by atoms with Crippen LogP contribution in [-0.2, 0) is 10.2 Å². The van der Waals surface area contributed by atoms with Crippen molar-refractivity contribution in [1.82, 2.24) is 20.2 Å². The fourth-order valence-corrected chi connectivity index (χ4v) is 6.30. The minimum absolute atomic E-state index is 0.0672. The lowest BCUT2D eigenvalue weighted by molar-refractivity contribution is -0.127. The quantitative estimate of drug-likeness (QED) is 0.553. The zero-order valence-corrected chi connectivity index (χ0v) is 24.2. The summed E-state index contributed by atoms with van der Waals surface area (Å²) >= 11 is 0. The van der Waals surface area contributed by atoms with Gasteiger partial charge in [-0.2, -0.15) is 0 Å². The Hall–Kier alpha value is -1.73. The van der Waals surface area contributed by atoms with Crippen LogP contribution in [-0.4, -0.2) is 70.2 Å². The van der Waals surface area contributed by atoms with Gasteiger partial charge in [0.05, 0.1) is 6.10 Å². The van der Waals surface area contributed by atoms with Crippen molar-refractivity contribution >= 4 is 11.7 Å². The van der Waals surface area contributed by atoms with Gasteiger partial charge in [0.2, 0.25) is 5.91 Å². The summed E-state index contributed by atoms with van der Waals surface area (Å²) in [5.41, 5.74) is 1.07. The number of carbonyl (C=O) groups is 1. The highest BCUT2D eigenvalue weighted by Gasteiger charge is 2.32. The largest absolute Gasteiger partial charge is 0.393 e. The normalized spacial score (nSPS) is 29.6. The third-order valence-corrected chi connectivity index (χ3v) is 8.81. The van der Waals surface area contributed by atoms with Gasteiger partial charge in [0.1, 0.15) is 11.6 Å². The highest BCUT2D eigenvalue weighted by Crippen LogP contribution is 2.31. The standard InChI is InChI=1S/C30H51N5O2/c1-20(2)26-18-27(33-29(32-26)30(4,5)6)35-16-15-34(19-21(35)3)14-13-22-7-10-24(17-22)31-28(37)23-8-11-25(36)12-9-23/h18,20-25,36H,7-17,19H2,1-6H3,(H,31,37)/t21?,22-,23?,24+,25?/m0/s1. The van der Waals surface area contributed by atoms with Gasteiger partial charge in [-0.15, -0.1) is 0 Å². The van der Waals surface area contributed by atoms with Crippen LogP contribution in [0.5, 0.6) is 0 Å². The van der Waals surface area contributed by atoms with Crippen LogP contribution in [0.15, 0.2) is 6.07 Å². The molecule has 2 heterocycles. The Balaban J connectivity index is 1.24. The summed E-state index contributed by atoms with van der Waals surface area (Å²) in [6.45, 7) is 17.6. The molecule has 0 bridgehead atoms. The zero-order chi connectivity index (χ0) is 26.7. The van der Waals surface area contributed by atoms with Crippen molar-refractivity contribution in [1.29, 1.82) is 0 Å². The molecule has 1 unspecified atom stereocenters. The van der Waals surface area contributed by atoms with Gasteiger partial charge < -0.3 is 15.3 Å². The SMILES string of the molecule is CC(C)c1cc(N2CCN(CC[C@@H]3CC[C@@H](NC(=O)C4CCC(O)CC4)C3)CC2C)nc(C(C)(C)C)n1. The molecule has 3 fully saturated rings. The van der Waals surface area contributed by atoms with Crippen molar-refractivity contribution < 1.29 is 9.90 Å². The number of carbonyl (C=O) groups excluding carboxylic acids is 1. The first-order chi connectivity index (χ1) is 17.5. The predicted molar refractivity (Wildman–Crippen MR) is 150 cm³/mol. The fourth-order valence-electron chi connectivity index (χ4n) is 6.30.